The SMILES string of the molecule is CCOc1ccc(CCC(Cl)C(C)C)cc1OCC. The molecule has 0 heterocycles. The van der Waals surface area contributed by atoms with Crippen molar-refractivity contribution < 1.29 is 9.47 Å². The summed E-state index contributed by atoms with van der Waals surface area (Å²) in [6.07, 6.45) is 1.96. The van der Waals surface area contributed by atoms with Gasteiger partial charge in [-0.25, -0.2) is 0 Å². The molecule has 0 aromatic heterocycles. The van der Waals surface area contributed by atoms with Crippen molar-refractivity contribution in [1.82, 2.24) is 0 Å². The highest BCUT2D eigenvalue weighted by Gasteiger charge is 2.11. The molecule has 0 saturated carbocycles. The van der Waals surface area contributed by atoms with Gasteiger partial charge in [0.15, 0.2) is 11.5 Å². The number of hydrogen-bond acceptors (Lipinski definition) is 2. The number of hydrogen-bond donors (Lipinski definition) is 0. The third kappa shape index (κ3) is 5.32. The van der Waals surface area contributed by atoms with E-state index in [4.69, 9.17) is 21.1 Å². The maximum absolute atomic E-state index is 6.29. The van der Waals surface area contributed by atoms with Gasteiger partial charge in [-0.3, -0.25) is 0 Å². The van der Waals surface area contributed by atoms with Gasteiger partial charge in [-0.2, -0.15) is 0 Å². The summed E-state index contributed by atoms with van der Waals surface area (Å²) in [5, 5.41) is 0.224. The van der Waals surface area contributed by atoms with Crippen LogP contribution in [-0.4, -0.2) is 18.6 Å². The fraction of sp³-hybridized carbons (Fsp3) is 0.625. The predicted octanol–water partition coefficient (Wildman–Crippen LogP) is 4.68. The molecule has 0 aliphatic carbocycles. The van der Waals surface area contributed by atoms with Gasteiger partial charge in [-0.15, -0.1) is 11.6 Å². The minimum atomic E-state index is 0.224. The molecule has 0 amide bonds. The second-order valence-electron chi connectivity index (χ2n) is 4.95. The summed E-state index contributed by atoms with van der Waals surface area (Å²) in [5.74, 6) is 2.16. The van der Waals surface area contributed by atoms with Gasteiger partial charge in [0.2, 0.25) is 0 Å². The number of alkyl halides is 1. The highest BCUT2D eigenvalue weighted by molar-refractivity contribution is 6.20. The summed E-state index contributed by atoms with van der Waals surface area (Å²) in [4.78, 5) is 0. The summed E-state index contributed by atoms with van der Waals surface area (Å²) < 4.78 is 11.2. The Hall–Kier alpha value is -0.890. The molecule has 0 aliphatic heterocycles. The minimum Gasteiger partial charge on any atom is -0.490 e. The molecule has 1 atom stereocenters. The number of ether oxygens (including phenoxy) is 2. The summed E-state index contributed by atoms with van der Waals surface area (Å²) in [6, 6.07) is 6.15. The first kappa shape index (κ1) is 16.2. The van der Waals surface area contributed by atoms with Gasteiger partial charge >= 0.3 is 0 Å². The molecule has 1 unspecified atom stereocenters. The summed E-state index contributed by atoms with van der Waals surface area (Å²) in [6.45, 7) is 9.56. The lowest BCUT2D eigenvalue weighted by Gasteiger charge is -2.15. The van der Waals surface area contributed by atoms with Gasteiger partial charge in [0.1, 0.15) is 0 Å². The first-order valence-corrected chi connectivity index (χ1v) is 7.54. The van der Waals surface area contributed by atoms with Crippen molar-refractivity contribution in [2.24, 2.45) is 5.92 Å². The molecular formula is C16H25ClO2. The van der Waals surface area contributed by atoms with Crippen molar-refractivity contribution in [3.8, 4) is 11.5 Å². The first-order valence-electron chi connectivity index (χ1n) is 7.11. The molecule has 1 aromatic rings. The summed E-state index contributed by atoms with van der Waals surface area (Å²) in [5.41, 5.74) is 1.25. The van der Waals surface area contributed by atoms with Crippen LogP contribution in [-0.2, 0) is 6.42 Å². The van der Waals surface area contributed by atoms with E-state index in [-0.39, 0.29) is 5.38 Å². The van der Waals surface area contributed by atoms with Crippen LogP contribution in [0.15, 0.2) is 18.2 Å². The normalized spacial score (nSPS) is 12.5. The molecule has 0 fully saturated rings. The van der Waals surface area contributed by atoms with Crippen molar-refractivity contribution in [2.45, 2.75) is 45.9 Å². The molecule has 2 nitrogen and oxygen atoms in total. The van der Waals surface area contributed by atoms with Gasteiger partial charge in [0.05, 0.1) is 13.2 Å². The molecule has 0 spiro atoms. The van der Waals surface area contributed by atoms with Crippen molar-refractivity contribution in [3.63, 3.8) is 0 Å². The third-order valence-corrected chi connectivity index (χ3v) is 3.76. The zero-order chi connectivity index (χ0) is 14.3. The van der Waals surface area contributed by atoms with Crippen LogP contribution < -0.4 is 9.47 Å². The van der Waals surface area contributed by atoms with E-state index >= 15 is 0 Å². The largest absolute Gasteiger partial charge is 0.490 e. The van der Waals surface area contributed by atoms with Crippen molar-refractivity contribution in [3.05, 3.63) is 23.8 Å². The van der Waals surface area contributed by atoms with Crippen LogP contribution in [0.2, 0.25) is 0 Å². The smallest absolute Gasteiger partial charge is 0.161 e. The Morgan fingerprint density at radius 3 is 2.26 bits per heavy atom. The van der Waals surface area contributed by atoms with E-state index in [0.717, 1.165) is 24.3 Å². The first-order chi connectivity index (χ1) is 9.08. The van der Waals surface area contributed by atoms with E-state index in [1.165, 1.54) is 5.56 Å². The zero-order valence-electron chi connectivity index (χ0n) is 12.4. The standard InChI is InChI=1S/C16H25ClO2/c1-5-18-15-10-8-13(11-16(15)19-6-2)7-9-14(17)12(3)4/h8,10-12,14H,5-7,9H2,1-4H3. The van der Waals surface area contributed by atoms with E-state index in [0.29, 0.717) is 19.1 Å². The Balaban J connectivity index is 2.71. The van der Waals surface area contributed by atoms with Gasteiger partial charge in [-0.05, 0) is 50.3 Å². The second kappa shape index (κ2) is 8.31. The molecule has 0 radical (unpaired) electrons. The topological polar surface area (TPSA) is 18.5 Å². The molecule has 1 rings (SSSR count). The maximum atomic E-state index is 6.29. The van der Waals surface area contributed by atoms with Crippen LogP contribution in [0.3, 0.4) is 0 Å². The monoisotopic (exact) mass is 284 g/mol. The lowest BCUT2D eigenvalue weighted by atomic mass is 10.0. The van der Waals surface area contributed by atoms with E-state index in [2.05, 4.69) is 26.0 Å². The van der Waals surface area contributed by atoms with E-state index in [9.17, 15) is 0 Å². The highest BCUT2D eigenvalue weighted by Crippen LogP contribution is 2.29. The van der Waals surface area contributed by atoms with Crippen molar-refractivity contribution in [1.29, 1.82) is 0 Å². The average molecular weight is 285 g/mol. The molecule has 0 N–H and O–H groups in total. The fourth-order valence-corrected chi connectivity index (χ4v) is 2.00. The molecular weight excluding hydrogens is 260 g/mol. The molecule has 3 heteroatoms. The van der Waals surface area contributed by atoms with Gasteiger partial charge in [-0.1, -0.05) is 19.9 Å². The fourth-order valence-electron chi connectivity index (χ4n) is 1.89. The second-order valence-corrected chi connectivity index (χ2v) is 5.51. The van der Waals surface area contributed by atoms with Gasteiger partial charge in [0.25, 0.3) is 0 Å². The average Bonchev–Trinajstić information content (AvgIpc) is 2.39. The summed E-state index contributed by atoms with van der Waals surface area (Å²) in [7, 11) is 0. The van der Waals surface area contributed by atoms with Gasteiger partial charge < -0.3 is 9.47 Å². The Labute approximate surface area is 122 Å². The van der Waals surface area contributed by atoms with Crippen LogP contribution in [0.1, 0.15) is 39.7 Å². The molecule has 0 saturated heterocycles. The molecule has 0 aliphatic rings. The van der Waals surface area contributed by atoms with Crippen molar-refractivity contribution >= 4 is 11.6 Å². The Morgan fingerprint density at radius 1 is 1.05 bits per heavy atom. The van der Waals surface area contributed by atoms with Crippen LogP contribution in [0.5, 0.6) is 11.5 Å². The number of rotatable bonds is 8. The minimum absolute atomic E-state index is 0.224. The molecule has 0 bridgehead atoms. The predicted molar refractivity (Wildman–Crippen MR) is 81.6 cm³/mol. The van der Waals surface area contributed by atoms with Crippen LogP contribution >= 0.6 is 11.6 Å². The molecule has 1 aromatic carbocycles. The Bertz CT molecular complexity index is 377. The Kier molecular flexibility index (Phi) is 7.07. The van der Waals surface area contributed by atoms with E-state index < -0.39 is 0 Å². The van der Waals surface area contributed by atoms with Crippen LogP contribution in [0, 0.1) is 5.92 Å². The third-order valence-electron chi connectivity index (χ3n) is 3.04. The number of halogens is 1. The summed E-state index contributed by atoms with van der Waals surface area (Å²) >= 11 is 6.29. The van der Waals surface area contributed by atoms with Crippen LogP contribution in [0.4, 0.5) is 0 Å². The Morgan fingerprint density at radius 2 is 1.68 bits per heavy atom. The molecule has 19 heavy (non-hydrogen) atoms. The van der Waals surface area contributed by atoms with Crippen LogP contribution in [0.25, 0.3) is 0 Å². The molecule has 108 valence electrons. The zero-order valence-corrected chi connectivity index (χ0v) is 13.2. The quantitative estimate of drug-likeness (QED) is 0.645. The lowest BCUT2D eigenvalue weighted by Crippen LogP contribution is -2.09. The van der Waals surface area contributed by atoms with Crippen molar-refractivity contribution in [2.75, 3.05) is 13.2 Å². The lowest BCUT2D eigenvalue weighted by molar-refractivity contribution is 0.287. The highest BCUT2D eigenvalue weighted by atomic mass is 35.5. The number of benzene rings is 1. The van der Waals surface area contributed by atoms with E-state index in [1.54, 1.807) is 0 Å². The number of aryl methyl sites for hydroxylation is 1. The van der Waals surface area contributed by atoms with E-state index in [1.807, 2.05) is 19.9 Å². The maximum Gasteiger partial charge on any atom is 0.161 e. The van der Waals surface area contributed by atoms with Gasteiger partial charge in [0, 0.05) is 5.38 Å².